The second-order valence-electron chi connectivity index (χ2n) is 5.00. The number of aromatic nitrogens is 2. The molecular formula is C16H15N3O2. The molecule has 0 unspecified atom stereocenters. The fourth-order valence-electron chi connectivity index (χ4n) is 2.48. The van der Waals surface area contributed by atoms with Crippen LogP contribution in [0.2, 0.25) is 0 Å². The smallest absolute Gasteiger partial charge is 0.163 e. The topological polar surface area (TPSA) is 73.2 Å². The Morgan fingerprint density at radius 2 is 1.76 bits per heavy atom. The average Bonchev–Trinajstić information content (AvgIpc) is 2.95. The van der Waals surface area contributed by atoms with Gasteiger partial charge in [-0.25, -0.2) is 4.98 Å². The maximum Gasteiger partial charge on any atom is 0.163 e. The Labute approximate surface area is 121 Å². The summed E-state index contributed by atoms with van der Waals surface area (Å²) in [5, 5.41) is 0. The van der Waals surface area contributed by atoms with Crippen LogP contribution in [0.5, 0.6) is 11.5 Å². The number of nitrogens with zero attached hydrogens (tertiary/aromatic N) is 1. The molecule has 0 saturated carbocycles. The molecule has 106 valence electrons. The molecular weight excluding hydrogens is 266 g/mol. The number of ether oxygens (including phenoxy) is 2. The van der Waals surface area contributed by atoms with Crippen LogP contribution in [-0.4, -0.2) is 23.2 Å². The number of H-pyrrole nitrogens is 1. The Bertz CT molecular complexity index is 750. The zero-order chi connectivity index (χ0) is 14.2. The van der Waals surface area contributed by atoms with Crippen molar-refractivity contribution >= 4 is 11.0 Å². The van der Waals surface area contributed by atoms with Gasteiger partial charge in [0.15, 0.2) is 11.5 Å². The molecule has 0 saturated heterocycles. The van der Waals surface area contributed by atoms with E-state index in [1.165, 1.54) is 0 Å². The number of aromatic amines is 1. The standard InChI is InChI=1S/C16H15N3O2/c17-9-10-1-3-11(4-2-10)16-18-12-7-14-15(8-13(12)19-16)21-6-5-20-14/h1-4,7-8H,5-6,9,17H2,(H,18,19). The van der Waals surface area contributed by atoms with Crippen molar-refractivity contribution in [3.8, 4) is 22.9 Å². The Kier molecular flexibility index (Phi) is 2.79. The highest BCUT2D eigenvalue weighted by Gasteiger charge is 2.15. The van der Waals surface area contributed by atoms with Gasteiger partial charge in [0, 0.05) is 24.2 Å². The van der Waals surface area contributed by atoms with Crippen LogP contribution in [0.25, 0.3) is 22.4 Å². The highest BCUT2D eigenvalue weighted by atomic mass is 16.6. The van der Waals surface area contributed by atoms with Crippen LogP contribution in [0.3, 0.4) is 0 Å². The van der Waals surface area contributed by atoms with E-state index in [-0.39, 0.29) is 0 Å². The maximum atomic E-state index is 5.62. The van der Waals surface area contributed by atoms with Gasteiger partial charge in [-0.2, -0.15) is 0 Å². The first-order valence-electron chi connectivity index (χ1n) is 6.92. The SMILES string of the molecule is NCc1ccc(-c2nc3cc4c(cc3[nH]2)OCCO4)cc1. The van der Waals surface area contributed by atoms with E-state index in [1.807, 2.05) is 36.4 Å². The number of hydrogen-bond acceptors (Lipinski definition) is 4. The third kappa shape index (κ3) is 2.11. The fraction of sp³-hybridized carbons (Fsp3) is 0.188. The lowest BCUT2D eigenvalue weighted by molar-refractivity contribution is 0.172. The highest BCUT2D eigenvalue weighted by molar-refractivity contribution is 5.83. The summed E-state index contributed by atoms with van der Waals surface area (Å²) in [6, 6.07) is 11.9. The first-order chi connectivity index (χ1) is 10.3. The number of benzene rings is 2. The third-order valence-electron chi connectivity index (χ3n) is 3.61. The average molecular weight is 281 g/mol. The van der Waals surface area contributed by atoms with Crippen LogP contribution in [0.4, 0.5) is 0 Å². The van der Waals surface area contributed by atoms with Crippen molar-refractivity contribution in [3.05, 3.63) is 42.0 Å². The number of nitrogens with one attached hydrogen (secondary N) is 1. The van der Waals surface area contributed by atoms with Crippen molar-refractivity contribution in [2.75, 3.05) is 13.2 Å². The van der Waals surface area contributed by atoms with Crippen LogP contribution in [-0.2, 0) is 6.54 Å². The van der Waals surface area contributed by atoms with Crippen molar-refractivity contribution in [2.45, 2.75) is 6.54 Å². The second kappa shape index (κ2) is 4.79. The highest BCUT2D eigenvalue weighted by Crippen LogP contribution is 2.34. The summed E-state index contributed by atoms with van der Waals surface area (Å²) in [5.41, 5.74) is 9.57. The summed E-state index contributed by atoms with van der Waals surface area (Å²) < 4.78 is 11.2. The van der Waals surface area contributed by atoms with Crippen LogP contribution in [0, 0.1) is 0 Å². The molecule has 3 N–H and O–H groups in total. The van der Waals surface area contributed by atoms with Gasteiger partial charge in [-0.3, -0.25) is 0 Å². The third-order valence-corrected chi connectivity index (χ3v) is 3.61. The minimum atomic E-state index is 0.543. The van der Waals surface area contributed by atoms with E-state index in [0.717, 1.165) is 39.5 Å². The van der Waals surface area contributed by atoms with E-state index in [0.29, 0.717) is 19.8 Å². The first-order valence-corrected chi connectivity index (χ1v) is 6.92. The summed E-state index contributed by atoms with van der Waals surface area (Å²) >= 11 is 0. The van der Waals surface area contributed by atoms with Crippen molar-refractivity contribution < 1.29 is 9.47 Å². The summed E-state index contributed by atoms with van der Waals surface area (Å²) in [7, 11) is 0. The lowest BCUT2D eigenvalue weighted by Crippen LogP contribution is -2.15. The van der Waals surface area contributed by atoms with Crippen molar-refractivity contribution in [1.29, 1.82) is 0 Å². The number of fused-ring (bicyclic) bond motifs is 2. The molecule has 0 radical (unpaired) electrons. The summed E-state index contributed by atoms with van der Waals surface area (Å²) in [5.74, 6) is 2.35. The van der Waals surface area contributed by atoms with Crippen LogP contribution in [0.1, 0.15) is 5.56 Å². The van der Waals surface area contributed by atoms with E-state index in [4.69, 9.17) is 15.2 Å². The van der Waals surface area contributed by atoms with Gasteiger partial charge in [-0.05, 0) is 5.56 Å². The normalized spacial score (nSPS) is 13.6. The number of nitrogens with two attached hydrogens (primary N) is 1. The van der Waals surface area contributed by atoms with E-state index in [2.05, 4.69) is 9.97 Å². The predicted octanol–water partition coefficient (Wildman–Crippen LogP) is 2.46. The van der Waals surface area contributed by atoms with E-state index >= 15 is 0 Å². The van der Waals surface area contributed by atoms with Gasteiger partial charge in [0.25, 0.3) is 0 Å². The molecule has 1 aromatic heterocycles. The Hall–Kier alpha value is -2.53. The Morgan fingerprint density at radius 1 is 1.05 bits per heavy atom. The molecule has 4 rings (SSSR count). The van der Waals surface area contributed by atoms with Gasteiger partial charge in [0.2, 0.25) is 0 Å². The zero-order valence-electron chi connectivity index (χ0n) is 11.4. The van der Waals surface area contributed by atoms with Gasteiger partial charge < -0.3 is 20.2 Å². The van der Waals surface area contributed by atoms with Gasteiger partial charge in [-0.15, -0.1) is 0 Å². The largest absolute Gasteiger partial charge is 0.486 e. The van der Waals surface area contributed by atoms with Crippen molar-refractivity contribution in [2.24, 2.45) is 5.73 Å². The molecule has 0 aliphatic carbocycles. The molecule has 3 aromatic rings. The molecule has 0 bridgehead atoms. The van der Waals surface area contributed by atoms with Crippen LogP contribution in [0.15, 0.2) is 36.4 Å². The first kappa shape index (κ1) is 12.2. The van der Waals surface area contributed by atoms with E-state index in [1.54, 1.807) is 0 Å². The summed E-state index contributed by atoms with van der Waals surface area (Å²) in [6.45, 7) is 1.71. The predicted molar refractivity (Wildman–Crippen MR) is 80.4 cm³/mol. The van der Waals surface area contributed by atoms with Gasteiger partial charge in [0.05, 0.1) is 11.0 Å². The van der Waals surface area contributed by atoms with Crippen molar-refractivity contribution in [3.63, 3.8) is 0 Å². The molecule has 0 atom stereocenters. The molecule has 0 amide bonds. The number of hydrogen-bond donors (Lipinski definition) is 2. The maximum absolute atomic E-state index is 5.62. The molecule has 0 fully saturated rings. The lowest BCUT2D eigenvalue weighted by atomic mass is 10.1. The fourth-order valence-corrected chi connectivity index (χ4v) is 2.48. The van der Waals surface area contributed by atoms with E-state index in [9.17, 15) is 0 Å². The Morgan fingerprint density at radius 3 is 2.48 bits per heavy atom. The molecule has 1 aliphatic heterocycles. The van der Waals surface area contributed by atoms with Crippen LogP contribution < -0.4 is 15.2 Å². The Balaban J connectivity index is 1.78. The minimum absolute atomic E-state index is 0.543. The summed E-state index contributed by atoms with van der Waals surface area (Å²) in [6.07, 6.45) is 0. The zero-order valence-corrected chi connectivity index (χ0v) is 11.4. The molecule has 21 heavy (non-hydrogen) atoms. The van der Waals surface area contributed by atoms with Gasteiger partial charge in [-0.1, -0.05) is 24.3 Å². The second-order valence-corrected chi connectivity index (χ2v) is 5.00. The molecule has 1 aliphatic rings. The lowest BCUT2D eigenvalue weighted by Gasteiger charge is -2.17. The number of rotatable bonds is 2. The van der Waals surface area contributed by atoms with Crippen LogP contribution >= 0.6 is 0 Å². The van der Waals surface area contributed by atoms with Crippen molar-refractivity contribution in [1.82, 2.24) is 9.97 Å². The summed E-state index contributed by atoms with van der Waals surface area (Å²) in [4.78, 5) is 7.95. The molecule has 2 heterocycles. The van der Waals surface area contributed by atoms with Gasteiger partial charge >= 0.3 is 0 Å². The molecule has 5 heteroatoms. The molecule has 2 aromatic carbocycles. The quantitative estimate of drug-likeness (QED) is 0.756. The van der Waals surface area contributed by atoms with E-state index < -0.39 is 0 Å². The minimum Gasteiger partial charge on any atom is -0.486 e. The monoisotopic (exact) mass is 281 g/mol. The molecule has 5 nitrogen and oxygen atoms in total. The number of imidazole rings is 1. The molecule has 0 spiro atoms. The van der Waals surface area contributed by atoms with Gasteiger partial charge in [0.1, 0.15) is 19.0 Å².